The third-order valence-electron chi connectivity index (χ3n) is 6.23. The van der Waals surface area contributed by atoms with Crippen LogP contribution in [0, 0.1) is 29.5 Å². The highest BCUT2D eigenvalue weighted by molar-refractivity contribution is 5.75. The summed E-state index contributed by atoms with van der Waals surface area (Å²) in [7, 11) is 0. The third kappa shape index (κ3) is 5.29. The van der Waals surface area contributed by atoms with Crippen LogP contribution in [0.4, 0.5) is 4.39 Å². The van der Waals surface area contributed by atoms with E-state index in [0.29, 0.717) is 5.75 Å². The summed E-state index contributed by atoms with van der Waals surface area (Å²) in [5.74, 6) is 2.77. The number of benzene rings is 1. The summed E-state index contributed by atoms with van der Waals surface area (Å²) in [4.78, 5) is 12.3. The Morgan fingerprint density at radius 1 is 0.960 bits per heavy atom. The molecule has 1 aromatic rings. The molecule has 138 valence electrons. The maximum absolute atomic E-state index is 12.9. The van der Waals surface area contributed by atoms with Crippen molar-refractivity contribution >= 4 is 5.97 Å². The van der Waals surface area contributed by atoms with E-state index in [1.165, 1.54) is 62.8 Å². The van der Waals surface area contributed by atoms with Gasteiger partial charge in [-0.05, 0) is 80.5 Å². The van der Waals surface area contributed by atoms with Gasteiger partial charge < -0.3 is 4.74 Å². The van der Waals surface area contributed by atoms with Crippen LogP contribution in [0.2, 0.25) is 0 Å². The van der Waals surface area contributed by atoms with Gasteiger partial charge in [-0.1, -0.05) is 32.6 Å². The number of halogens is 1. The average molecular weight is 346 g/mol. The molecule has 0 saturated heterocycles. The number of hydrogen-bond acceptors (Lipinski definition) is 2. The second kappa shape index (κ2) is 8.82. The third-order valence-corrected chi connectivity index (χ3v) is 6.23. The van der Waals surface area contributed by atoms with Gasteiger partial charge in [0, 0.05) is 0 Å². The lowest BCUT2D eigenvalue weighted by atomic mass is 9.69. The lowest BCUT2D eigenvalue weighted by molar-refractivity contribution is -0.140. The first kappa shape index (κ1) is 18.4. The molecule has 3 rings (SSSR count). The monoisotopic (exact) mass is 346 g/mol. The van der Waals surface area contributed by atoms with Crippen LogP contribution in [0.1, 0.15) is 71.1 Å². The molecule has 0 spiro atoms. The summed E-state index contributed by atoms with van der Waals surface area (Å²) >= 11 is 0. The summed E-state index contributed by atoms with van der Waals surface area (Å²) in [6.07, 6.45) is 12.5. The van der Waals surface area contributed by atoms with Crippen molar-refractivity contribution in [3.05, 3.63) is 30.1 Å². The van der Waals surface area contributed by atoms with Crippen molar-refractivity contribution in [3.63, 3.8) is 0 Å². The molecule has 0 atom stereocenters. The maximum Gasteiger partial charge on any atom is 0.314 e. The second-order valence-electron chi connectivity index (χ2n) is 8.16. The molecule has 3 heteroatoms. The van der Waals surface area contributed by atoms with Gasteiger partial charge in [0.05, 0.1) is 5.92 Å². The zero-order valence-electron chi connectivity index (χ0n) is 15.4. The molecule has 0 N–H and O–H groups in total. The molecule has 25 heavy (non-hydrogen) atoms. The number of hydrogen-bond donors (Lipinski definition) is 0. The molecule has 2 aliphatic rings. The van der Waals surface area contributed by atoms with E-state index in [0.717, 1.165) is 43.4 Å². The van der Waals surface area contributed by atoms with Gasteiger partial charge in [0.25, 0.3) is 0 Å². The van der Waals surface area contributed by atoms with Crippen molar-refractivity contribution in [3.8, 4) is 5.75 Å². The second-order valence-corrected chi connectivity index (χ2v) is 8.16. The number of rotatable bonds is 7. The van der Waals surface area contributed by atoms with Gasteiger partial charge in [-0.25, -0.2) is 4.39 Å². The average Bonchev–Trinajstić information content (AvgIpc) is 2.59. The SMILES string of the molecule is CCCC1CC(CCC2CCC(C(=O)Oc3ccc(F)cc3)CC2)C1. The first-order valence-electron chi connectivity index (χ1n) is 10.1. The van der Waals surface area contributed by atoms with Gasteiger partial charge in [-0.3, -0.25) is 4.79 Å². The van der Waals surface area contributed by atoms with Gasteiger partial charge in [0.1, 0.15) is 11.6 Å². The molecule has 0 amide bonds. The van der Waals surface area contributed by atoms with Crippen molar-refractivity contribution in [2.45, 2.75) is 71.1 Å². The van der Waals surface area contributed by atoms with Crippen molar-refractivity contribution < 1.29 is 13.9 Å². The van der Waals surface area contributed by atoms with Gasteiger partial charge >= 0.3 is 5.97 Å². The van der Waals surface area contributed by atoms with Gasteiger partial charge in [-0.2, -0.15) is 0 Å². The Labute approximate surface area is 151 Å². The quantitative estimate of drug-likeness (QED) is 0.437. The summed E-state index contributed by atoms with van der Waals surface area (Å²) in [6.45, 7) is 2.28. The number of carbonyl (C=O) groups excluding carboxylic acids is 1. The first-order chi connectivity index (χ1) is 12.1. The molecule has 0 aromatic heterocycles. The van der Waals surface area contributed by atoms with Crippen LogP contribution >= 0.6 is 0 Å². The molecular weight excluding hydrogens is 315 g/mol. The highest BCUT2D eigenvalue weighted by Gasteiger charge is 2.31. The summed E-state index contributed by atoms with van der Waals surface area (Å²) in [6, 6.07) is 5.68. The molecule has 0 radical (unpaired) electrons. The Hall–Kier alpha value is -1.38. The zero-order valence-corrected chi connectivity index (χ0v) is 15.4. The fourth-order valence-electron chi connectivity index (χ4n) is 4.61. The minimum atomic E-state index is -0.312. The zero-order chi connectivity index (χ0) is 17.6. The van der Waals surface area contributed by atoms with E-state index in [9.17, 15) is 9.18 Å². The standard InChI is InChI=1S/C22H31FO2/c1-2-3-17-14-18(15-17)5-4-16-6-8-19(9-7-16)22(24)25-21-12-10-20(23)11-13-21/h10-13,16-19H,2-9,14-15H2,1H3. The molecule has 2 aliphatic carbocycles. The van der Waals surface area contributed by atoms with Crippen molar-refractivity contribution in [1.29, 1.82) is 0 Å². The summed E-state index contributed by atoms with van der Waals surface area (Å²) in [5.41, 5.74) is 0. The Bertz CT molecular complexity index is 540. The predicted octanol–water partition coefficient (Wildman–Crippen LogP) is 6.14. The topological polar surface area (TPSA) is 26.3 Å². The molecule has 1 aromatic carbocycles. The normalized spacial score (nSPS) is 29.0. The van der Waals surface area contributed by atoms with E-state index < -0.39 is 0 Å². The van der Waals surface area contributed by atoms with Crippen LogP contribution in [0.15, 0.2) is 24.3 Å². The van der Waals surface area contributed by atoms with Crippen molar-refractivity contribution in [2.24, 2.45) is 23.7 Å². The van der Waals surface area contributed by atoms with Crippen LogP contribution in [-0.2, 0) is 4.79 Å². The highest BCUT2D eigenvalue weighted by Crippen LogP contribution is 2.41. The Morgan fingerprint density at radius 3 is 2.20 bits per heavy atom. The van der Waals surface area contributed by atoms with Crippen LogP contribution in [0.3, 0.4) is 0 Å². The molecule has 0 heterocycles. The molecular formula is C22H31FO2. The predicted molar refractivity (Wildman–Crippen MR) is 97.8 cm³/mol. The molecule has 2 nitrogen and oxygen atoms in total. The van der Waals surface area contributed by atoms with E-state index in [1.54, 1.807) is 0 Å². The van der Waals surface area contributed by atoms with Crippen molar-refractivity contribution in [2.75, 3.05) is 0 Å². The van der Waals surface area contributed by atoms with E-state index >= 15 is 0 Å². The summed E-state index contributed by atoms with van der Waals surface area (Å²) < 4.78 is 18.3. The highest BCUT2D eigenvalue weighted by atomic mass is 19.1. The van der Waals surface area contributed by atoms with Gasteiger partial charge in [0.15, 0.2) is 0 Å². The van der Waals surface area contributed by atoms with Crippen LogP contribution in [0.5, 0.6) is 5.75 Å². The minimum absolute atomic E-state index is 0.0129. The Kier molecular flexibility index (Phi) is 6.50. The van der Waals surface area contributed by atoms with E-state index in [4.69, 9.17) is 4.74 Å². The first-order valence-corrected chi connectivity index (χ1v) is 10.1. The Morgan fingerprint density at radius 2 is 1.56 bits per heavy atom. The van der Waals surface area contributed by atoms with E-state index in [2.05, 4.69) is 6.92 Å². The van der Waals surface area contributed by atoms with Crippen LogP contribution in [0.25, 0.3) is 0 Å². The minimum Gasteiger partial charge on any atom is -0.426 e. The van der Waals surface area contributed by atoms with Gasteiger partial charge in [0.2, 0.25) is 0 Å². The van der Waals surface area contributed by atoms with Crippen LogP contribution in [-0.4, -0.2) is 5.97 Å². The summed E-state index contributed by atoms with van der Waals surface area (Å²) in [5, 5.41) is 0. The fourth-order valence-corrected chi connectivity index (χ4v) is 4.61. The number of ether oxygens (including phenoxy) is 1. The van der Waals surface area contributed by atoms with Gasteiger partial charge in [-0.15, -0.1) is 0 Å². The number of carbonyl (C=O) groups is 1. The van der Waals surface area contributed by atoms with Crippen LogP contribution < -0.4 is 4.74 Å². The van der Waals surface area contributed by atoms with E-state index in [-0.39, 0.29) is 17.7 Å². The van der Waals surface area contributed by atoms with E-state index in [1.807, 2.05) is 0 Å². The largest absolute Gasteiger partial charge is 0.426 e. The molecule has 0 unspecified atom stereocenters. The lowest BCUT2D eigenvalue weighted by Gasteiger charge is -2.37. The smallest absolute Gasteiger partial charge is 0.314 e. The lowest BCUT2D eigenvalue weighted by Crippen LogP contribution is -2.27. The fraction of sp³-hybridized carbons (Fsp3) is 0.682. The molecule has 0 aliphatic heterocycles. The Balaban J connectivity index is 1.33. The molecule has 2 saturated carbocycles. The molecule has 0 bridgehead atoms. The molecule has 2 fully saturated rings. The number of esters is 1. The maximum atomic E-state index is 12.9. The van der Waals surface area contributed by atoms with Crippen molar-refractivity contribution in [1.82, 2.24) is 0 Å².